The second kappa shape index (κ2) is 12.0. The molecule has 0 aliphatic carbocycles. The molecule has 1 aliphatic heterocycles. The highest BCUT2D eigenvalue weighted by Crippen LogP contribution is 2.17. The zero-order valence-corrected chi connectivity index (χ0v) is 18.1. The number of carbonyl (C=O) groups is 2. The van der Waals surface area contributed by atoms with E-state index in [9.17, 15) is 9.59 Å². The molecule has 7 nitrogen and oxygen atoms in total. The van der Waals surface area contributed by atoms with Crippen molar-refractivity contribution in [1.29, 1.82) is 0 Å². The van der Waals surface area contributed by atoms with Crippen LogP contribution in [0.25, 0.3) is 0 Å². The quantitative estimate of drug-likeness (QED) is 0.567. The van der Waals surface area contributed by atoms with Crippen LogP contribution >= 0.6 is 0 Å². The summed E-state index contributed by atoms with van der Waals surface area (Å²) in [7, 11) is 0. The van der Waals surface area contributed by atoms with E-state index in [1.54, 1.807) is 24.3 Å². The number of carbonyl (C=O) groups excluding carboxylic acids is 2. The maximum atomic E-state index is 12.7. The van der Waals surface area contributed by atoms with Crippen molar-refractivity contribution in [3.8, 4) is 5.75 Å². The van der Waals surface area contributed by atoms with Crippen molar-refractivity contribution >= 4 is 23.2 Å². The molecule has 0 atom stereocenters. The molecule has 2 aromatic carbocycles. The fraction of sp³-hybridized carbons (Fsp3) is 0.417. The highest BCUT2D eigenvalue weighted by Gasteiger charge is 2.18. The van der Waals surface area contributed by atoms with Gasteiger partial charge in [0.1, 0.15) is 12.4 Å². The standard InChI is InChI=1S/C24H31N3O4/c1-2-30-15-16-31-22-11-9-20(10-12-22)25-18-23(28)26-21-8-6-7-19(17-21)24(29)27-13-4-3-5-14-27/h6-12,17,25H,2-5,13-16,18H2,1H3,(H,26,28). The van der Waals surface area contributed by atoms with Crippen LogP contribution in [0, 0.1) is 0 Å². The van der Waals surface area contributed by atoms with E-state index in [0.717, 1.165) is 37.4 Å². The van der Waals surface area contributed by atoms with Crippen LogP contribution in [0.2, 0.25) is 0 Å². The monoisotopic (exact) mass is 425 g/mol. The van der Waals surface area contributed by atoms with Crippen LogP contribution < -0.4 is 15.4 Å². The highest BCUT2D eigenvalue weighted by atomic mass is 16.5. The lowest BCUT2D eigenvalue weighted by atomic mass is 10.1. The first-order chi connectivity index (χ1) is 15.2. The normalized spacial score (nSPS) is 13.5. The Morgan fingerprint density at radius 1 is 0.968 bits per heavy atom. The van der Waals surface area contributed by atoms with E-state index in [4.69, 9.17) is 9.47 Å². The maximum Gasteiger partial charge on any atom is 0.253 e. The van der Waals surface area contributed by atoms with Crippen molar-refractivity contribution in [2.75, 3.05) is 50.1 Å². The van der Waals surface area contributed by atoms with Gasteiger partial charge in [-0.1, -0.05) is 6.07 Å². The Balaban J connectivity index is 1.45. The van der Waals surface area contributed by atoms with Gasteiger partial charge in [-0.3, -0.25) is 9.59 Å². The number of hydrogen-bond acceptors (Lipinski definition) is 5. The van der Waals surface area contributed by atoms with Crippen molar-refractivity contribution in [2.24, 2.45) is 0 Å². The molecule has 1 saturated heterocycles. The molecule has 3 rings (SSSR count). The average Bonchev–Trinajstić information content (AvgIpc) is 2.81. The molecule has 7 heteroatoms. The van der Waals surface area contributed by atoms with E-state index in [1.807, 2.05) is 36.1 Å². The molecule has 2 aromatic rings. The summed E-state index contributed by atoms with van der Waals surface area (Å²) in [6, 6.07) is 14.5. The number of nitrogens with zero attached hydrogens (tertiary/aromatic N) is 1. The number of anilines is 2. The number of rotatable bonds is 10. The van der Waals surface area contributed by atoms with E-state index < -0.39 is 0 Å². The van der Waals surface area contributed by atoms with Crippen LogP contribution in [0.4, 0.5) is 11.4 Å². The van der Waals surface area contributed by atoms with Crippen LogP contribution in [0.3, 0.4) is 0 Å². The Bertz CT molecular complexity index is 848. The van der Waals surface area contributed by atoms with Gasteiger partial charge in [-0.05, 0) is 68.7 Å². The van der Waals surface area contributed by atoms with Gasteiger partial charge in [0.15, 0.2) is 0 Å². The van der Waals surface area contributed by atoms with Gasteiger partial charge in [0, 0.05) is 36.6 Å². The molecular weight excluding hydrogens is 394 g/mol. The summed E-state index contributed by atoms with van der Waals surface area (Å²) in [6.45, 7) is 5.40. The van der Waals surface area contributed by atoms with E-state index in [0.29, 0.717) is 31.1 Å². The Morgan fingerprint density at radius 2 is 1.74 bits per heavy atom. The first kappa shape index (κ1) is 22.6. The number of hydrogen-bond donors (Lipinski definition) is 2. The molecule has 166 valence electrons. The van der Waals surface area contributed by atoms with E-state index >= 15 is 0 Å². The van der Waals surface area contributed by atoms with Crippen molar-refractivity contribution < 1.29 is 19.1 Å². The zero-order valence-electron chi connectivity index (χ0n) is 18.1. The van der Waals surface area contributed by atoms with Crippen LogP contribution in [-0.2, 0) is 9.53 Å². The van der Waals surface area contributed by atoms with Crippen molar-refractivity contribution in [3.63, 3.8) is 0 Å². The molecule has 0 spiro atoms. The Hall–Kier alpha value is -3.06. The molecule has 2 amide bonds. The third-order valence-electron chi connectivity index (χ3n) is 5.04. The fourth-order valence-corrected chi connectivity index (χ4v) is 3.43. The highest BCUT2D eigenvalue weighted by molar-refractivity contribution is 5.98. The van der Waals surface area contributed by atoms with Gasteiger partial charge < -0.3 is 25.0 Å². The number of likely N-dealkylation sites (tertiary alicyclic amines) is 1. The van der Waals surface area contributed by atoms with Crippen LogP contribution in [0.1, 0.15) is 36.5 Å². The van der Waals surface area contributed by atoms with Gasteiger partial charge in [0.25, 0.3) is 5.91 Å². The molecule has 0 aromatic heterocycles. The van der Waals surface area contributed by atoms with Crippen LogP contribution in [0.15, 0.2) is 48.5 Å². The molecule has 31 heavy (non-hydrogen) atoms. The van der Waals surface area contributed by atoms with E-state index in [2.05, 4.69) is 10.6 Å². The van der Waals surface area contributed by atoms with Gasteiger partial charge in [0.05, 0.1) is 13.2 Å². The lowest BCUT2D eigenvalue weighted by molar-refractivity contribution is -0.114. The first-order valence-electron chi connectivity index (χ1n) is 10.9. The van der Waals surface area contributed by atoms with Gasteiger partial charge >= 0.3 is 0 Å². The third-order valence-corrected chi connectivity index (χ3v) is 5.04. The molecule has 0 unspecified atom stereocenters. The summed E-state index contributed by atoms with van der Waals surface area (Å²) in [5.41, 5.74) is 2.04. The van der Waals surface area contributed by atoms with Gasteiger partial charge in [-0.2, -0.15) is 0 Å². The summed E-state index contributed by atoms with van der Waals surface area (Å²) in [6.07, 6.45) is 3.28. The topological polar surface area (TPSA) is 79.9 Å². The van der Waals surface area contributed by atoms with Crippen LogP contribution in [0.5, 0.6) is 5.75 Å². The largest absolute Gasteiger partial charge is 0.491 e. The lowest BCUT2D eigenvalue weighted by Crippen LogP contribution is -2.35. The van der Waals surface area contributed by atoms with Crippen molar-refractivity contribution in [2.45, 2.75) is 26.2 Å². The van der Waals surface area contributed by atoms with E-state index in [1.165, 1.54) is 6.42 Å². The summed E-state index contributed by atoms with van der Waals surface area (Å²) in [4.78, 5) is 26.9. The van der Waals surface area contributed by atoms with Gasteiger partial charge in [-0.15, -0.1) is 0 Å². The molecule has 1 aliphatic rings. The maximum absolute atomic E-state index is 12.7. The lowest BCUT2D eigenvalue weighted by Gasteiger charge is -2.26. The third kappa shape index (κ3) is 7.29. The number of benzene rings is 2. The minimum Gasteiger partial charge on any atom is -0.491 e. The molecule has 1 fully saturated rings. The minimum atomic E-state index is -0.181. The second-order valence-electron chi connectivity index (χ2n) is 7.41. The fourth-order valence-electron chi connectivity index (χ4n) is 3.43. The molecule has 1 heterocycles. The average molecular weight is 426 g/mol. The number of amides is 2. The number of nitrogens with one attached hydrogen (secondary N) is 2. The Labute approximate surface area is 183 Å². The smallest absolute Gasteiger partial charge is 0.253 e. The molecule has 0 saturated carbocycles. The van der Waals surface area contributed by atoms with Gasteiger partial charge in [0.2, 0.25) is 5.91 Å². The van der Waals surface area contributed by atoms with Crippen molar-refractivity contribution in [3.05, 3.63) is 54.1 Å². The van der Waals surface area contributed by atoms with Crippen LogP contribution in [-0.4, -0.2) is 56.2 Å². The van der Waals surface area contributed by atoms with Gasteiger partial charge in [-0.25, -0.2) is 0 Å². The zero-order chi connectivity index (χ0) is 21.9. The number of ether oxygens (including phenoxy) is 2. The molecule has 2 N–H and O–H groups in total. The predicted octanol–water partition coefficient (Wildman–Crippen LogP) is 3.78. The summed E-state index contributed by atoms with van der Waals surface area (Å²) < 4.78 is 10.8. The summed E-state index contributed by atoms with van der Waals surface area (Å²) >= 11 is 0. The summed E-state index contributed by atoms with van der Waals surface area (Å²) in [5, 5.41) is 5.94. The minimum absolute atomic E-state index is 0.0255. The molecule has 0 radical (unpaired) electrons. The second-order valence-corrected chi connectivity index (χ2v) is 7.41. The molecule has 0 bridgehead atoms. The SMILES string of the molecule is CCOCCOc1ccc(NCC(=O)Nc2cccc(C(=O)N3CCCCC3)c2)cc1. The Morgan fingerprint density at radius 3 is 2.48 bits per heavy atom. The van der Waals surface area contributed by atoms with Crippen molar-refractivity contribution in [1.82, 2.24) is 4.90 Å². The first-order valence-corrected chi connectivity index (χ1v) is 10.9. The van der Waals surface area contributed by atoms with E-state index in [-0.39, 0.29) is 18.4 Å². The number of piperidine rings is 1. The summed E-state index contributed by atoms with van der Waals surface area (Å²) in [5.74, 6) is 0.599. The molecular formula is C24H31N3O4. The predicted molar refractivity (Wildman–Crippen MR) is 122 cm³/mol. The Kier molecular flexibility index (Phi) is 8.72.